The lowest BCUT2D eigenvalue weighted by atomic mass is 10.0. The number of nitrogens with zero attached hydrogens (tertiary/aromatic N) is 2. The monoisotopic (exact) mass is 457 g/mol. The number of hydrogen-bond donors (Lipinski definition) is 4. The van der Waals surface area contributed by atoms with Crippen LogP contribution in [0.25, 0.3) is 0 Å². The number of carboxylic acids is 1. The van der Waals surface area contributed by atoms with Gasteiger partial charge >= 0.3 is 5.97 Å². The second-order valence-electron chi connectivity index (χ2n) is 7.87. The van der Waals surface area contributed by atoms with Crippen LogP contribution in [-0.4, -0.2) is 33.7 Å². The van der Waals surface area contributed by atoms with Crippen molar-refractivity contribution in [1.29, 1.82) is 0 Å². The molecule has 2 amide bonds. The molecule has 1 aliphatic heterocycles. The van der Waals surface area contributed by atoms with E-state index < -0.39 is 12.0 Å². The molecule has 172 valence electrons. The van der Waals surface area contributed by atoms with Gasteiger partial charge in [-0.3, -0.25) is 14.4 Å². The molecule has 1 atom stereocenters. The zero-order valence-electron chi connectivity index (χ0n) is 18.1. The minimum Gasteiger partial charge on any atom is -0.481 e. The Morgan fingerprint density at radius 3 is 2.38 bits per heavy atom. The van der Waals surface area contributed by atoms with Crippen molar-refractivity contribution in [3.8, 4) is 0 Å². The topological polar surface area (TPSA) is 151 Å². The van der Waals surface area contributed by atoms with E-state index in [-0.39, 0.29) is 24.2 Å². The van der Waals surface area contributed by atoms with E-state index in [9.17, 15) is 19.5 Å². The number of aliphatic carboxylic acids is 1. The van der Waals surface area contributed by atoms with E-state index in [1.54, 1.807) is 47.4 Å². The summed E-state index contributed by atoms with van der Waals surface area (Å²) in [5, 5.41) is 12.2. The van der Waals surface area contributed by atoms with Crippen molar-refractivity contribution in [3.63, 3.8) is 0 Å². The number of carboxylic acid groups (broad SMARTS) is 1. The van der Waals surface area contributed by atoms with Gasteiger partial charge in [0.2, 0.25) is 0 Å². The van der Waals surface area contributed by atoms with E-state index in [0.29, 0.717) is 29.0 Å². The molecular formula is C25H23N5O4. The number of guanidine groups is 1. The Bertz CT molecular complexity index is 1270. The quantitative estimate of drug-likeness (QED) is 0.316. The van der Waals surface area contributed by atoms with Crippen molar-refractivity contribution in [2.24, 2.45) is 16.5 Å². The second-order valence-corrected chi connectivity index (χ2v) is 7.87. The Morgan fingerprint density at radius 2 is 1.74 bits per heavy atom. The minimum absolute atomic E-state index is 0.0769. The van der Waals surface area contributed by atoms with E-state index in [4.69, 9.17) is 11.5 Å². The maximum Gasteiger partial charge on any atom is 0.305 e. The first kappa shape index (κ1) is 22.5. The third kappa shape index (κ3) is 4.88. The number of carbonyl (C=O) groups is 3. The number of nitrogens with two attached hydrogens (primary N) is 2. The molecule has 6 N–H and O–H groups in total. The molecule has 1 unspecified atom stereocenters. The normalized spacial score (nSPS) is 13.2. The molecule has 3 aromatic carbocycles. The Balaban J connectivity index is 1.53. The number of fused-ring (bicyclic) bond motifs is 1. The van der Waals surface area contributed by atoms with Crippen molar-refractivity contribution in [3.05, 3.63) is 95.1 Å². The first-order valence-corrected chi connectivity index (χ1v) is 10.5. The number of anilines is 1. The fraction of sp³-hybridized carbons (Fsp3) is 0.120. The fourth-order valence-corrected chi connectivity index (χ4v) is 3.94. The van der Waals surface area contributed by atoms with E-state index in [0.717, 1.165) is 11.1 Å². The van der Waals surface area contributed by atoms with E-state index >= 15 is 0 Å². The van der Waals surface area contributed by atoms with Gasteiger partial charge in [-0.1, -0.05) is 36.4 Å². The number of rotatable bonds is 7. The smallest absolute Gasteiger partial charge is 0.305 e. The van der Waals surface area contributed by atoms with Crippen molar-refractivity contribution >= 4 is 35.1 Å². The van der Waals surface area contributed by atoms with Gasteiger partial charge in [-0.05, 0) is 47.5 Å². The van der Waals surface area contributed by atoms with Gasteiger partial charge in [0, 0.05) is 23.4 Å². The van der Waals surface area contributed by atoms with Gasteiger partial charge in [0.15, 0.2) is 5.96 Å². The SMILES string of the molecule is NC(N)=Nc1ccc(C(=O)Nc2ccc3c(c2)C(=O)N(C(CC(=O)O)c2ccccc2)C3)cc1. The van der Waals surface area contributed by atoms with E-state index in [1.807, 2.05) is 30.3 Å². The zero-order valence-corrected chi connectivity index (χ0v) is 18.1. The summed E-state index contributed by atoms with van der Waals surface area (Å²) in [5.74, 6) is -1.70. The van der Waals surface area contributed by atoms with Gasteiger partial charge in [0.25, 0.3) is 11.8 Å². The Hall–Kier alpha value is -4.66. The van der Waals surface area contributed by atoms with Gasteiger partial charge in [-0.2, -0.15) is 0 Å². The average Bonchev–Trinajstić information content (AvgIpc) is 3.13. The van der Waals surface area contributed by atoms with Crippen LogP contribution in [0.2, 0.25) is 0 Å². The summed E-state index contributed by atoms with van der Waals surface area (Å²) in [6, 6.07) is 20.0. The lowest BCUT2D eigenvalue weighted by molar-refractivity contribution is -0.138. The van der Waals surface area contributed by atoms with Crippen LogP contribution >= 0.6 is 0 Å². The molecular weight excluding hydrogens is 434 g/mol. The maximum atomic E-state index is 13.2. The van der Waals surface area contributed by atoms with Crippen LogP contribution < -0.4 is 16.8 Å². The molecule has 3 aromatic rings. The fourth-order valence-electron chi connectivity index (χ4n) is 3.94. The molecule has 0 saturated heterocycles. The molecule has 9 heteroatoms. The van der Waals surface area contributed by atoms with Gasteiger partial charge in [0.1, 0.15) is 0 Å². The third-order valence-corrected chi connectivity index (χ3v) is 5.52. The van der Waals surface area contributed by atoms with E-state index in [1.165, 1.54) is 0 Å². The highest BCUT2D eigenvalue weighted by Crippen LogP contribution is 2.34. The first-order valence-electron chi connectivity index (χ1n) is 10.5. The number of benzene rings is 3. The zero-order chi connectivity index (χ0) is 24.2. The Labute approximate surface area is 195 Å². The summed E-state index contributed by atoms with van der Waals surface area (Å²) < 4.78 is 0. The molecule has 1 heterocycles. The van der Waals surface area contributed by atoms with Crippen LogP contribution in [-0.2, 0) is 11.3 Å². The van der Waals surface area contributed by atoms with Crippen molar-refractivity contribution < 1.29 is 19.5 Å². The molecule has 0 bridgehead atoms. The predicted octanol–water partition coefficient (Wildman–Crippen LogP) is 3.02. The highest BCUT2D eigenvalue weighted by Gasteiger charge is 2.34. The molecule has 9 nitrogen and oxygen atoms in total. The van der Waals surface area contributed by atoms with Crippen LogP contribution in [0.1, 0.15) is 44.3 Å². The molecule has 0 radical (unpaired) electrons. The molecule has 0 aliphatic carbocycles. The summed E-state index contributed by atoms with van der Waals surface area (Å²) in [7, 11) is 0. The molecule has 1 aliphatic rings. The molecule has 0 spiro atoms. The molecule has 4 rings (SSSR count). The highest BCUT2D eigenvalue weighted by molar-refractivity contribution is 6.06. The molecule has 34 heavy (non-hydrogen) atoms. The predicted molar refractivity (Wildman–Crippen MR) is 128 cm³/mol. The largest absolute Gasteiger partial charge is 0.481 e. The number of hydrogen-bond acceptors (Lipinski definition) is 4. The van der Waals surface area contributed by atoms with Crippen molar-refractivity contribution in [2.45, 2.75) is 19.0 Å². The van der Waals surface area contributed by atoms with Crippen LogP contribution in [0.15, 0.2) is 77.8 Å². The van der Waals surface area contributed by atoms with Crippen molar-refractivity contribution in [1.82, 2.24) is 4.90 Å². The number of nitrogens with one attached hydrogen (secondary N) is 1. The highest BCUT2D eigenvalue weighted by atomic mass is 16.4. The first-order chi connectivity index (χ1) is 16.3. The van der Waals surface area contributed by atoms with Crippen LogP contribution in [0.5, 0.6) is 0 Å². The van der Waals surface area contributed by atoms with Crippen LogP contribution in [0.3, 0.4) is 0 Å². The summed E-state index contributed by atoms with van der Waals surface area (Å²) >= 11 is 0. The number of carbonyl (C=O) groups excluding carboxylic acids is 2. The Morgan fingerprint density at radius 1 is 1.03 bits per heavy atom. The van der Waals surface area contributed by atoms with Gasteiger partial charge < -0.3 is 26.8 Å². The summed E-state index contributed by atoms with van der Waals surface area (Å²) in [6.07, 6.45) is -0.205. The van der Waals surface area contributed by atoms with Gasteiger partial charge in [0.05, 0.1) is 18.2 Å². The summed E-state index contributed by atoms with van der Waals surface area (Å²) in [6.45, 7) is 0.293. The molecule has 0 saturated carbocycles. The molecule has 0 fully saturated rings. The molecule has 0 aromatic heterocycles. The van der Waals surface area contributed by atoms with Crippen LogP contribution in [0.4, 0.5) is 11.4 Å². The lowest BCUT2D eigenvalue weighted by Crippen LogP contribution is -2.30. The number of amides is 2. The summed E-state index contributed by atoms with van der Waals surface area (Å²) in [4.78, 5) is 42.8. The Kier molecular flexibility index (Phi) is 6.26. The van der Waals surface area contributed by atoms with Gasteiger partial charge in [-0.15, -0.1) is 0 Å². The van der Waals surface area contributed by atoms with Crippen LogP contribution in [0, 0.1) is 0 Å². The number of aliphatic imine (C=N–C) groups is 1. The van der Waals surface area contributed by atoms with Gasteiger partial charge in [-0.25, -0.2) is 4.99 Å². The maximum absolute atomic E-state index is 13.2. The lowest BCUT2D eigenvalue weighted by Gasteiger charge is -2.27. The average molecular weight is 457 g/mol. The van der Waals surface area contributed by atoms with E-state index in [2.05, 4.69) is 10.3 Å². The second kappa shape index (κ2) is 9.45. The minimum atomic E-state index is -0.989. The standard InChI is InChI=1S/C25H23N5O4/c26-25(27)29-18-9-6-16(7-10-18)23(33)28-19-11-8-17-14-30(24(34)20(17)12-19)21(13-22(31)32)15-4-2-1-3-5-15/h1-12,21H,13-14H2,(H,28,33)(H,31,32)(H4,26,27,29). The third-order valence-electron chi connectivity index (χ3n) is 5.52. The summed E-state index contributed by atoms with van der Waals surface area (Å²) in [5.41, 5.74) is 14.1. The van der Waals surface area contributed by atoms with Crippen molar-refractivity contribution in [2.75, 3.05) is 5.32 Å².